The Morgan fingerprint density at radius 3 is 2.10 bits per heavy atom. The summed E-state index contributed by atoms with van der Waals surface area (Å²) >= 11 is 0. The van der Waals surface area contributed by atoms with Crippen LogP contribution in [0, 0.1) is 11.3 Å². The third kappa shape index (κ3) is 4.12. The van der Waals surface area contributed by atoms with Crippen LogP contribution in [0.25, 0.3) is 0 Å². The monoisotopic (exact) mass is 282 g/mol. The Hall–Kier alpha value is -1.26. The Labute approximate surface area is 120 Å². The molecule has 0 radical (unpaired) electrons. The minimum atomic E-state index is -0.707. The smallest absolute Gasteiger partial charge is 0.315 e. The van der Waals surface area contributed by atoms with Crippen molar-refractivity contribution in [2.75, 3.05) is 0 Å². The molecule has 0 aliphatic heterocycles. The minimum absolute atomic E-state index is 0.0912. The SMILES string of the molecule is CC1(C)CCC(NC(=O)NC2CCC(C(=O)O)CC2)C1. The molecule has 2 aliphatic rings. The van der Waals surface area contributed by atoms with Crippen molar-refractivity contribution < 1.29 is 14.7 Å². The number of carboxylic acid groups (broad SMARTS) is 1. The van der Waals surface area contributed by atoms with Crippen LogP contribution in [0.4, 0.5) is 4.79 Å². The molecule has 2 rings (SSSR count). The Morgan fingerprint density at radius 2 is 1.60 bits per heavy atom. The summed E-state index contributed by atoms with van der Waals surface area (Å²) in [4.78, 5) is 22.8. The van der Waals surface area contributed by atoms with E-state index in [0.717, 1.165) is 32.1 Å². The van der Waals surface area contributed by atoms with Crippen molar-refractivity contribution in [2.45, 2.75) is 70.9 Å². The van der Waals surface area contributed by atoms with Crippen molar-refractivity contribution in [3.8, 4) is 0 Å². The van der Waals surface area contributed by atoms with Gasteiger partial charge in [0.05, 0.1) is 5.92 Å². The first kappa shape index (κ1) is 15.1. The lowest BCUT2D eigenvalue weighted by atomic mass is 9.86. The summed E-state index contributed by atoms with van der Waals surface area (Å²) in [5.41, 5.74) is 0.331. The highest BCUT2D eigenvalue weighted by atomic mass is 16.4. The highest BCUT2D eigenvalue weighted by molar-refractivity contribution is 5.74. The summed E-state index contributed by atoms with van der Waals surface area (Å²) < 4.78 is 0. The molecule has 1 unspecified atom stereocenters. The number of hydrogen-bond donors (Lipinski definition) is 3. The van der Waals surface area contributed by atoms with Gasteiger partial charge in [0, 0.05) is 12.1 Å². The van der Waals surface area contributed by atoms with E-state index in [4.69, 9.17) is 5.11 Å². The second-order valence-corrected chi connectivity index (χ2v) is 7.11. The summed E-state index contributed by atoms with van der Waals surface area (Å²) in [6.07, 6.45) is 6.09. The maximum Gasteiger partial charge on any atom is 0.315 e. The Balaban J connectivity index is 1.69. The van der Waals surface area contributed by atoms with Gasteiger partial charge in [0.25, 0.3) is 0 Å². The number of carboxylic acids is 1. The zero-order valence-electron chi connectivity index (χ0n) is 12.4. The van der Waals surface area contributed by atoms with Crippen LogP contribution < -0.4 is 10.6 Å². The number of carbonyl (C=O) groups excluding carboxylic acids is 1. The van der Waals surface area contributed by atoms with E-state index in [1.165, 1.54) is 0 Å². The largest absolute Gasteiger partial charge is 0.481 e. The first-order chi connectivity index (χ1) is 9.35. The first-order valence-corrected chi connectivity index (χ1v) is 7.65. The molecule has 0 spiro atoms. The van der Waals surface area contributed by atoms with Crippen molar-refractivity contribution in [1.82, 2.24) is 10.6 Å². The lowest BCUT2D eigenvalue weighted by Gasteiger charge is -2.27. The van der Waals surface area contributed by atoms with Gasteiger partial charge in [-0.2, -0.15) is 0 Å². The van der Waals surface area contributed by atoms with E-state index >= 15 is 0 Å². The van der Waals surface area contributed by atoms with Gasteiger partial charge in [0.15, 0.2) is 0 Å². The number of carbonyl (C=O) groups is 2. The zero-order valence-corrected chi connectivity index (χ0v) is 12.4. The maximum atomic E-state index is 12.0. The highest BCUT2D eigenvalue weighted by Crippen LogP contribution is 2.36. The molecular weight excluding hydrogens is 256 g/mol. The van der Waals surface area contributed by atoms with Gasteiger partial charge < -0.3 is 15.7 Å². The van der Waals surface area contributed by atoms with E-state index in [1.807, 2.05) is 0 Å². The molecule has 0 bridgehead atoms. The summed E-state index contributed by atoms with van der Waals surface area (Å²) in [5.74, 6) is -0.937. The summed E-state index contributed by atoms with van der Waals surface area (Å²) in [6.45, 7) is 4.47. The van der Waals surface area contributed by atoms with E-state index in [9.17, 15) is 9.59 Å². The average Bonchev–Trinajstić information content (AvgIpc) is 2.69. The number of nitrogens with one attached hydrogen (secondary N) is 2. The van der Waals surface area contributed by atoms with Gasteiger partial charge in [-0.15, -0.1) is 0 Å². The van der Waals surface area contributed by atoms with E-state index in [2.05, 4.69) is 24.5 Å². The number of amides is 2. The van der Waals surface area contributed by atoms with Crippen molar-refractivity contribution in [1.29, 1.82) is 0 Å². The van der Waals surface area contributed by atoms with Crippen LogP contribution in [0.1, 0.15) is 58.8 Å². The van der Waals surface area contributed by atoms with Crippen molar-refractivity contribution >= 4 is 12.0 Å². The number of urea groups is 1. The fourth-order valence-corrected chi connectivity index (χ4v) is 3.46. The second-order valence-electron chi connectivity index (χ2n) is 7.11. The second kappa shape index (κ2) is 6.02. The summed E-state index contributed by atoms with van der Waals surface area (Å²) in [6, 6.07) is 0.312. The lowest BCUT2D eigenvalue weighted by molar-refractivity contribution is -0.142. The van der Waals surface area contributed by atoms with Crippen LogP contribution in [-0.4, -0.2) is 29.2 Å². The molecule has 0 saturated heterocycles. The van der Waals surface area contributed by atoms with Gasteiger partial charge in [0.1, 0.15) is 0 Å². The fraction of sp³-hybridized carbons (Fsp3) is 0.867. The third-order valence-corrected chi connectivity index (χ3v) is 4.72. The van der Waals surface area contributed by atoms with Crippen LogP contribution in [0.2, 0.25) is 0 Å². The number of rotatable bonds is 3. The Kier molecular flexibility index (Phi) is 4.55. The van der Waals surface area contributed by atoms with Crippen LogP contribution in [-0.2, 0) is 4.79 Å². The molecule has 20 heavy (non-hydrogen) atoms. The molecular formula is C15H26N2O3. The molecule has 2 fully saturated rings. The third-order valence-electron chi connectivity index (χ3n) is 4.72. The van der Waals surface area contributed by atoms with Crippen molar-refractivity contribution in [3.05, 3.63) is 0 Å². The van der Waals surface area contributed by atoms with Crippen LogP contribution in [0.5, 0.6) is 0 Å². The van der Waals surface area contributed by atoms with E-state index in [1.54, 1.807) is 0 Å². The van der Waals surface area contributed by atoms with Crippen LogP contribution in [0.15, 0.2) is 0 Å². The zero-order chi connectivity index (χ0) is 14.8. The number of hydrogen-bond acceptors (Lipinski definition) is 2. The normalized spacial score (nSPS) is 32.6. The molecule has 2 saturated carbocycles. The first-order valence-electron chi connectivity index (χ1n) is 7.65. The Morgan fingerprint density at radius 1 is 1.00 bits per heavy atom. The Bertz CT molecular complexity index is 373. The van der Waals surface area contributed by atoms with Crippen LogP contribution >= 0.6 is 0 Å². The van der Waals surface area contributed by atoms with Gasteiger partial charge in [0.2, 0.25) is 0 Å². The molecule has 114 valence electrons. The molecule has 5 nitrogen and oxygen atoms in total. The molecule has 0 aromatic carbocycles. The summed E-state index contributed by atoms with van der Waals surface area (Å²) in [7, 11) is 0. The maximum absolute atomic E-state index is 12.0. The van der Waals surface area contributed by atoms with E-state index < -0.39 is 5.97 Å². The molecule has 2 aliphatic carbocycles. The predicted molar refractivity (Wildman–Crippen MR) is 76.5 cm³/mol. The fourth-order valence-electron chi connectivity index (χ4n) is 3.46. The van der Waals surface area contributed by atoms with E-state index in [-0.39, 0.29) is 24.0 Å². The van der Waals surface area contributed by atoms with Crippen molar-refractivity contribution in [3.63, 3.8) is 0 Å². The molecule has 3 N–H and O–H groups in total. The van der Waals surface area contributed by atoms with Gasteiger partial charge in [-0.05, 0) is 50.4 Å². The standard InChI is InChI=1S/C15H26N2O3/c1-15(2)8-7-12(9-15)17-14(20)16-11-5-3-10(4-6-11)13(18)19/h10-12H,3-9H2,1-2H3,(H,18,19)(H2,16,17,20). The number of aliphatic carboxylic acids is 1. The predicted octanol–water partition coefficient (Wildman–Crippen LogP) is 2.51. The molecule has 2 amide bonds. The van der Waals surface area contributed by atoms with Crippen molar-refractivity contribution in [2.24, 2.45) is 11.3 Å². The minimum Gasteiger partial charge on any atom is -0.481 e. The lowest BCUT2D eigenvalue weighted by Crippen LogP contribution is -2.47. The van der Waals surface area contributed by atoms with E-state index in [0.29, 0.717) is 18.3 Å². The average molecular weight is 282 g/mol. The van der Waals surface area contributed by atoms with Gasteiger partial charge in [-0.1, -0.05) is 13.8 Å². The summed E-state index contributed by atoms with van der Waals surface area (Å²) in [5, 5.41) is 15.0. The topological polar surface area (TPSA) is 78.4 Å². The molecule has 0 aromatic heterocycles. The van der Waals surface area contributed by atoms with Crippen LogP contribution in [0.3, 0.4) is 0 Å². The highest BCUT2D eigenvalue weighted by Gasteiger charge is 2.32. The van der Waals surface area contributed by atoms with Gasteiger partial charge >= 0.3 is 12.0 Å². The molecule has 1 atom stereocenters. The quantitative estimate of drug-likeness (QED) is 0.744. The van der Waals surface area contributed by atoms with Gasteiger partial charge in [-0.25, -0.2) is 4.79 Å². The van der Waals surface area contributed by atoms with Gasteiger partial charge in [-0.3, -0.25) is 4.79 Å². The molecule has 0 heterocycles. The molecule has 0 aromatic rings. The molecule has 5 heteroatoms.